The molecule has 1 aliphatic heterocycles. The summed E-state index contributed by atoms with van der Waals surface area (Å²) in [6.07, 6.45) is 3.29. The first-order valence-electron chi connectivity index (χ1n) is 8.87. The number of rotatable bonds is 3. The fourth-order valence-corrected chi connectivity index (χ4v) is 4.14. The molecule has 1 heterocycles. The summed E-state index contributed by atoms with van der Waals surface area (Å²) in [6, 6.07) is 11.1. The quantitative estimate of drug-likeness (QED) is 0.925. The summed E-state index contributed by atoms with van der Waals surface area (Å²) in [7, 11) is 0. The highest BCUT2D eigenvalue weighted by atomic mass is 16.5. The van der Waals surface area contributed by atoms with Crippen LogP contribution in [0.5, 0.6) is 5.75 Å². The van der Waals surface area contributed by atoms with E-state index in [9.17, 15) is 0 Å². The van der Waals surface area contributed by atoms with Crippen LogP contribution in [-0.4, -0.2) is 19.3 Å². The zero-order valence-electron chi connectivity index (χ0n) is 14.5. The molecule has 0 saturated carbocycles. The lowest BCUT2D eigenvalue weighted by Gasteiger charge is -2.18. The molecule has 0 amide bonds. The molecule has 0 bridgehead atoms. The zero-order valence-corrected chi connectivity index (χ0v) is 14.5. The second-order valence-electron chi connectivity index (χ2n) is 7.05. The van der Waals surface area contributed by atoms with Crippen LogP contribution in [0.15, 0.2) is 30.3 Å². The highest BCUT2D eigenvalue weighted by Crippen LogP contribution is 2.40. The second-order valence-corrected chi connectivity index (χ2v) is 7.05. The standard InChI is InChI=1S/C21H25NO2/c1-13-10-16(24-15-8-9-23-12-15)11-14(2)21(13)19-5-3-4-18-17(19)6-7-20(18)22/h3-5,10-11,15,20H,6-9,12,22H2,1-2H3/t15-,20-/m1/s1. The minimum atomic E-state index is 0.186. The summed E-state index contributed by atoms with van der Waals surface area (Å²) >= 11 is 0. The average molecular weight is 323 g/mol. The van der Waals surface area contributed by atoms with Gasteiger partial charge in [-0.15, -0.1) is 0 Å². The van der Waals surface area contributed by atoms with Crippen LogP contribution in [0.3, 0.4) is 0 Å². The molecule has 2 aromatic carbocycles. The van der Waals surface area contributed by atoms with Crippen molar-refractivity contribution in [3.05, 3.63) is 52.6 Å². The van der Waals surface area contributed by atoms with Crippen molar-refractivity contribution in [2.45, 2.75) is 45.3 Å². The largest absolute Gasteiger partial charge is 0.488 e. The Morgan fingerprint density at radius 3 is 2.62 bits per heavy atom. The van der Waals surface area contributed by atoms with Crippen LogP contribution in [0.2, 0.25) is 0 Å². The van der Waals surface area contributed by atoms with Gasteiger partial charge in [0.1, 0.15) is 11.9 Å². The molecule has 24 heavy (non-hydrogen) atoms. The summed E-state index contributed by atoms with van der Waals surface area (Å²) < 4.78 is 11.5. The second kappa shape index (κ2) is 6.23. The van der Waals surface area contributed by atoms with E-state index < -0.39 is 0 Å². The first kappa shape index (κ1) is 15.7. The summed E-state index contributed by atoms with van der Waals surface area (Å²) in [4.78, 5) is 0. The monoisotopic (exact) mass is 323 g/mol. The Balaban J connectivity index is 1.72. The molecule has 2 N–H and O–H groups in total. The molecule has 0 radical (unpaired) electrons. The van der Waals surface area contributed by atoms with Gasteiger partial charge in [-0.1, -0.05) is 18.2 Å². The molecular formula is C21H25NO2. The topological polar surface area (TPSA) is 44.5 Å². The Bertz CT molecular complexity index is 739. The molecular weight excluding hydrogens is 298 g/mol. The average Bonchev–Trinajstić information content (AvgIpc) is 3.18. The van der Waals surface area contributed by atoms with E-state index in [1.165, 1.54) is 33.4 Å². The van der Waals surface area contributed by atoms with Gasteiger partial charge in [-0.2, -0.15) is 0 Å². The Labute approximate surface area is 143 Å². The van der Waals surface area contributed by atoms with Gasteiger partial charge >= 0.3 is 0 Å². The molecule has 1 fully saturated rings. The Kier molecular flexibility index (Phi) is 4.07. The summed E-state index contributed by atoms with van der Waals surface area (Å²) in [5, 5.41) is 0. The van der Waals surface area contributed by atoms with E-state index in [1.54, 1.807) is 0 Å². The van der Waals surface area contributed by atoms with Crippen molar-refractivity contribution in [1.82, 2.24) is 0 Å². The number of fused-ring (bicyclic) bond motifs is 1. The molecule has 3 nitrogen and oxygen atoms in total. The van der Waals surface area contributed by atoms with Crippen LogP contribution in [0.1, 0.15) is 41.1 Å². The number of hydrogen-bond acceptors (Lipinski definition) is 3. The van der Waals surface area contributed by atoms with Crippen LogP contribution in [0, 0.1) is 13.8 Å². The van der Waals surface area contributed by atoms with Crippen molar-refractivity contribution >= 4 is 0 Å². The van der Waals surface area contributed by atoms with Crippen molar-refractivity contribution in [3.8, 4) is 16.9 Å². The van der Waals surface area contributed by atoms with Gasteiger partial charge in [-0.05, 0) is 72.2 Å². The van der Waals surface area contributed by atoms with Gasteiger partial charge in [0.25, 0.3) is 0 Å². The van der Waals surface area contributed by atoms with Crippen molar-refractivity contribution in [3.63, 3.8) is 0 Å². The van der Waals surface area contributed by atoms with Crippen LogP contribution in [0.4, 0.5) is 0 Å². The molecule has 0 aromatic heterocycles. The third-order valence-electron chi connectivity index (χ3n) is 5.28. The fraction of sp³-hybridized carbons (Fsp3) is 0.429. The highest BCUT2D eigenvalue weighted by molar-refractivity contribution is 5.76. The maximum atomic E-state index is 6.25. The molecule has 0 unspecified atom stereocenters. The van der Waals surface area contributed by atoms with Gasteiger partial charge in [-0.3, -0.25) is 0 Å². The first-order chi connectivity index (χ1) is 11.6. The van der Waals surface area contributed by atoms with E-state index in [0.29, 0.717) is 6.61 Å². The van der Waals surface area contributed by atoms with Crippen molar-refractivity contribution < 1.29 is 9.47 Å². The van der Waals surface area contributed by atoms with Gasteiger partial charge < -0.3 is 15.2 Å². The van der Waals surface area contributed by atoms with E-state index in [1.807, 2.05) is 0 Å². The molecule has 4 rings (SSSR count). The molecule has 0 spiro atoms. The van der Waals surface area contributed by atoms with Crippen LogP contribution < -0.4 is 10.5 Å². The Hall–Kier alpha value is -1.84. The van der Waals surface area contributed by atoms with Gasteiger partial charge in [0.2, 0.25) is 0 Å². The van der Waals surface area contributed by atoms with Crippen LogP contribution in [0.25, 0.3) is 11.1 Å². The summed E-state index contributed by atoms with van der Waals surface area (Å²) in [5.41, 5.74) is 14.2. The molecule has 2 aromatic rings. The normalized spacial score (nSPS) is 22.6. The lowest BCUT2D eigenvalue weighted by molar-refractivity contribution is 0.141. The molecule has 1 aliphatic carbocycles. The molecule has 1 saturated heterocycles. The Morgan fingerprint density at radius 1 is 1.12 bits per heavy atom. The lowest BCUT2D eigenvalue weighted by Crippen LogP contribution is -2.15. The van der Waals surface area contributed by atoms with E-state index >= 15 is 0 Å². The van der Waals surface area contributed by atoms with Gasteiger partial charge in [0, 0.05) is 12.5 Å². The van der Waals surface area contributed by atoms with Gasteiger partial charge in [0.05, 0.1) is 13.2 Å². The third kappa shape index (κ3) is 2.72. The van der Waals surface area contributed by atoms with Gasteiger partial charge in [-0.25, -0.2) is 0 Å². The predicted octanol–water partition coefficient (Wildman–Crippen LogP) is 4.08. The minimum absolute atomic E-state index is 0.186. The number of hydrogen-bond donors (Lipinski definition) is 1. The molecule has 126 valence electrons. The van der Waals surface area contributed by atoms with Crippen molar-refractivity contribution in [1.29, 1.82) is 0 Å². The van der Waals surface area contributed by atoms with E-state index in [0.717, 1.165) is 31.6 Å². The number of aryl methyl sites for hydroxylation is 2. The van der Waals surface area contributed by atoms with Gasteiger partial charge in [0.15, 0.2) is 0 Å². The van der Waals surface area contributed by atoms with E-state index in [2.05, 4.69) is 44.2 Å². The number of nitrogens with two attached hydrogens (primary N) is 1. The SMILES string of the molecule is Cc1cc(O[C@@H]2CCOC2)cc(C)c1-c1cccc2c1CC[C@H]2N. The minimum Gasteiger partial charge on any atom is -0.488 e. The molecule has 2 atom stereocenters. The highest BCUT2D eigenvalue weighted by Gasteiger charge is 2.24. The predicted molar refractivity (Wildman–Crippen MR) is 96.5 cm³/mol. The number of ether oxygens (including phenoxy) is 2. The Morgan fingerprint density at radius 2 is 1.92 bits per heavy atom. The zero-order chi connectivity index (χ0) is 16.7. The van der Waals surface area contributed by atoms with Crippen molar-refractivity contribution in [2.24, 2.45) is 5.73 Å². The summed E-state index contributed by atoms with van der Waals surface area (Å²) in [6.45, 7) is 5.85. The van der Waals surface area contributed by atoms with E-state index in [-0.39, 0.29) is 12.1 Å². The number of benzene rings is 2. The first-order valence-corrected chi connectivity index (χ1v) is 8.87. The maximum absolute atomic E-state index is 6.25. The smallest absolute Gasteiger partial charge is 0.124 e. The summed E-state index contributed by atoms with van der Waals surface area (Å²) in [5.74, 6) is 0.952. The lowest BCUT2D eigenvalue weighted by atomic mass is 9.90. The van der Waals surface area contributed by atoms with Crippen LogP contribution >= 0.6 is 0 Å². The molecule has 2 aliphatic rings. The fourth-order valence-electron chi connectivity index (χ4n) is 4.14. The van der Waals surface area contributed by atoms with Crippen molar-refractivity contribution in [2.75, 3.05) is 13.2 Å². The third-order valence-corrected chi connectivity index (χ3v) is 5.28. The van der Waals surface area contributed by atoms with E-state index in [4.69, 9.17) is 15.2 Å². The maximum Gasteiger partial charge on any atom is 0.124 e. The van der Waals surface area contributed by atoms with Crippen LogP contribution in [-0.2, 0) is 11.2 Å². The molecule has 3 heteroatoms.